The summed E-state index contributed by atoms with van der Waals surface area (Å²) in [5, 5.41) is 28.7. The van der Waals surface area contributed by atoms with Crippen LogP contribution in [0.1, 0.15) is 6.23 Å². The molecule has 1 fully saturated rings. The van der Waals surface area contributed by atoms with Gasteiger partial charge in [0.2, 0.25) is 0 Å². The standard InChI is InChI=1S/C10H13N5O4.Na.H3O4P/c11-8-5-9(13-2-12-8)15(3-14-5)10-7(18)6(17)4(1-16)19-10;;1-5(2,3)4/h2-4,6-7,10,16-18H,1H2,(H2,11,12,13);;(H3,1,2,3,4)/t4-,6-,7-,10-;;/m1../s1. The van der Waals surface area contributed by atoms with Crippen LogP contribution in [0.25, 0.3) is 11.2 Å². The second-order valence-corrected chi connectivity index (χ2v) is 5.85. The molecule has 135 valence electrons. The van der Waals surface area contributed by atoms with Gasteiger partial charge in [0.15, 0.2) is 17.7 Å². The predicted molar refractivity (Wildman–Crippen MR) is 82.8 cm³/mol. The second kappa shape index (κ2) is 8.79. The van der Waals surface area contributed by atoms with E-state index >= 15 is 0 Å². The number of hydrogen-bond acceptors (Lipinski definition) is 9. The van der Waals surface area contributed by atoms with Crippen LogP contribution < -0.4 is 5.73 Å². The Balaban J connectivity index is 0.000000462. The van der Waals surface area contributed by atoms with Gasteiger partial charge in [0.25, 0.3) is 0 Å². The van der Waals surface area contributed by atoms with E-state index in [2.05, 4.69) is 15.0 Å². The summed E-state index contributed by atoms with van der Waals surface area (Å²) in [7, 11) is -4.64. The van der Waals surface area contributed by atoms with Gasteiger partial charge in [-0.05, 0) is 0 Å². The first-order valence-corrected chi connectivity index (χ1v) is 8.03. The molecule has 15 heteroatoms. The average Bonchev–Trinajstić information content (AvgIpc) is 3.01. The van der Waals surface area contributed by atoms with E-state index in [0.717, 1.165) is 0 Å². The Labute approximate surface area is 162 Å². The molecular formula is C10H16N5NaO8P. The van der Waals surface area contributed by atoms with Gasteiger partial charge in [0.05, 0.1) is 12.9 Å². The maximum absolute atomic E-state index is 9.95. The van der Waals surface area contributed by atoms with E-state index in [9.17, 15) is 10.2 Å². The molecule has 1 radical (unpaired) electrons. The van der Waals surface area contributed by atoms with E-state index in [-0.39, 0.29) is 35.4 Å². The van der Waals surface area contributed by atoms with Crippen LogP contribution in [0.5, 0.6) is 0 Å². The van der Waals surface area contributed by atoms with Gasteiger partial charge in [-0.2, -0.15) is 0 Å². The van der Waals surface area contributed by atoms with Crippen LogP contribution in [0, 0.1) is 0 Å². The van der Waals surface area contributed by atoms with Crippen molar-refractivity contribution >= 4 is 54.4 Å². The molecule has 2 aromatic rings. The summed E-state index contributed by atoms with van der Waals surface area (Å²) >= 11 is 0. The van der Waals surface area contributed by atoms with Crippen molar-refractivity contribution in [3.8, 4) is 0 Å². The fraction of sp³-hybridized carbons (Fsp3) is 0.500. The molecule has 1 aliphatic rings. The molecule has 0 saturated carbocycles. The normalized spacial score (nSPS) is 26.0. The van der Waals surface area contributed by atoms with Gasteiger partial charge in [0.1, 0.15) is 30.2 Å². The number of rotatable bonds is 2. The van der Waals surface area contributed by atoms with E-state index in [0.29, 0.717) is 11.2 Å². The molecule has 3 rings (SSSR count). The van der Waals surface area contributed by atoms with Gasteiger partial charge in [-0.15, -0.1) is 0 Å². The van der Waals surface area contributed by atoms with Crippen molar-refractivity contribution in [2.75, 3.05) is 12.3 Å². The van der Waals surface area contributed by atoms with Crippen molar-refractivity contribution < 1.29 is 39.3 Å². The molecule has 25 heavy (non-hydrogen) atoms. The van der Waals surface area contributed by atoms with Gasteiger partial charge in [0, 0.05) is 29.6 Å². The molecule has 0 spiro atoms. The molecule has 0 unspecified atom stereocenters. The molecule has 8 N–H and O–H groups in total. The Kier molecular flexibility index (Phi) is 7.86. The SMILES string of the molecule is Nc1ncnc2c1ncn2[C@@H]1O[C@H](CO)[C@@H](O)[C@H]1O.O=P(O)(O)O.[Na]. The Morgan fingerprint density at radius 2 is 1.80 bits per heavy atom. The molecule has 1 saturated heterocycles. The summed E-state index contributed by atoms with van der Waals surface area (Å²) in [6, 6.07) is 0. The topological polar surface area (TPSA) is 217 Å². The fourth-order valence-corrected chi connectivity index (χ4v) is 2.17. The van der Waals surface area contributed by atoms with Crippen LogP contribution in [-0.4, -0.2) is 104 Å². The number of ether oxygens (including phenoxy) is 1. The van der Waals surface area contributed by atoms with Crippen LogP contribution in [0.3, 0.4) is 0 Å². The van der Waals surface area contributed by atoms with E-state index < -0.39 is 39.0 Å². The zero-order valence-electron chi connectivity index (χ0n) is 13.0. The molecule has 0 amide bonds. The van der Waals surface area contributed by atoms with Gasteiger partial charge >= 0.3 is 7.82 Å². The third-order valence-electron chi connectivity index (χ3n) is 3.18. The Morgan fingerprint density at radius 3 is 2.32 bits per heavy atom. The second-order valence-electron chi connectivity index (χ2n) is 4.83. The number of aromatic nitrogens is 4. The number of nitrogens with two attached hydrogens (primary N) is 1. The minimum Gasteiger partial charge on any atom is -0.394 e. The smallest absolute Gasteiger partial charge is 0.394 e. The van der Waals surface area contributed by atoms with Gasteiger partial charge < -0.3 is 40.5 Å². The first-order valence-electron chi connectivity index (χ1n) is 6.47. The summed E-state index contributed by atoms with van der Waals surface area (Å²) in [6.45, 7) is -0.390. The fourth-order valence-electron chi connectivity index (χ4n) is 2.17. The monoisotopic (exact) mass is 388 g/mol. The maximum atomic E-state index is 9.95. The van der Waals surface area contributed by atoms with E-state index in [1.54, 1.807) is 0 Å². The zero-order valence-corrected chi connectivity index (χ0v) is 15.9. The number of hydrogen-bond donors (Lipinski definition) is 7. The molecule has 0 aliphatic carbocycles. The van der Waals surface area contributed by atoms with Crippen molar-refractivity contribution in [2.24, 2.45) is 0 Å². The number of nitrogens with zero attached hydrogens (tertiary/aromatic N) is 4. The van der Waals surface area contributed by atoms with Crippen LogP contribution in [0.2, 0.25) is 0 Å². The number of imidazole rings is 1. The Hall–Kier alpha value is -0.700. The summed E-state index contributed by atoms with van der Waals surface area (Å²) in [5.41, 5.74) is 6.44. The molecule has 2 aromatic heterocycles. The molecule has 3 heterocycles. The number of aliphatic hydroxyl groups excluding tert-OH is 3. The van der Waals surface area contributed by atoms with Crippen molar-refractivity contribution in [1.82, 2.24) is 19.5 Å². The van der Waals surface area contributed by atoms with Gasteiger partial charge in [-0.25, -0.2) is 19.5 Å². The van der Waals surface area contributed by atoms with Gasteiger partial charge in [-0.3, -0.25) is 4.57 Å². The third kappa shape index (κ3) is 5.39. The van der Waals surface area contributed by atoms with E-state index in [1.807, 2.05) is 0 Å². The molecule has 4 atom stereocenters. The van der Waals surface area contributed by atoms with Crippen molar-refractivity contribution in [2.45, 2.75) is 24.5 Å². The summed E-state index contributed by atoms with van der Waals surface area (Å²) in [5.74, 6) is 0.218. The largest absolute Gasteiger partial charge is 0.466 e. The van der Waals surface area contributed by atoms with Crippen LogP contribution in [0.15, 0.2) is 12.7 Å². The van der Waals surface area contributed by atoms with E-state index in [1.165, 1.54) is 17.2 Å². The quantitative estimate of drug-likeness (QED) is 0.199. The van der Waals surface area contributed by atoms with Crippen molar-refractivity contribution in [3.63, 3.8) is 0 Å². The minimum absolute atomic E-state index is 0. The van der Waals surface area contributed by atoms with Gasteiger partial charge in [-0.1, -0.05) is 0 Å². The number of fused-ring (bicyclic) bond motifs is 1. The summed E-state index contributed by atoms with van der Waals surface area (Å²) in [6.07, 6.45) is -1.42. The van der Waals surface area contributed by atoms with Crippen LogP contribution in [0.4, 0.5) is 5.82 Å². The summed E-state index contributed by atoms with van der Waals surface area (Å²) in [4.78, 5) is 33.5. The third-order valence-corrected chi connectivity index (χ3v) is 3.18. The molecule has 0 aromatic carbocycles. The first-order chi connectivity index (χ1) is 11.1. The van der Waals surface area contributed by atoms with Crippen molar-refractivity contribution in [1.29, 1.82) is 0 Å². The number of phosphoric acid groups is 1. The minimum atomic E-state index is -4.64. The van der Waals surface area contributed by atoms with Crippen LogP contribution >= 0.6 is 7.82 Å². The Morgan fingerprint density at radius 1 is 1.20 bits per heavy atom. The molecule has 1 aliphatic heterocycles. The molecule has 0 bridgehead atoms. The van der Waals surface area contributed by atoms with E-state index in [4.69, 9.17) is 34.8 Å². The number of nitrogen functional groups attached to an aromatic ring is 1. The maximum Gasteiger partial charge on any atom is 0.466 e. The average molecular weight is 388 g/mol. The summed E-state index contributed by atoms with van der Waals surface area (Å²) < 4.78 is 15.7. The Bertz CT molecular complexity index is 748. The molecule has 13 nitrogen and oxygen atoms in total. The predicted octanol–water partition coefficient (Wildman–Crippen LogP) is -3.29. The number of aliphatic hydroxyl groups is 3. The number of anilines is 1. The van der Waals surface area contributed by atoms with Crippen LogP contribution in [-0.2, 0) is 9.30 Å². The molecular weight excluding hydrogens is 372 g/mol. The van der Waals surface area contributed by atoms with Crippen molar-refractivity contribution in [3.05, 3.63) is 12.7 Å². The first kappa shape index (κ1) is 22.3. The zero-order chi connectivity index (χ0) is 18.1.